The number of hydrogen-bond acceptors (Lipinski definition) is 3. The van der Waals surface area contributed by atoms with Crippen molar-refractivity contribution in [2.75, 3.05) is 4.72 Å². The molecule has 24 heavy (non-hydrogen) atoms. The average Bonchev–Trinajstić information content (AvgIpc) is 2.94. The second kappa shape index (κ2) is 6.49. The molecule has 0 saturated heterocycles. The van der Waals surface area contributed by atoms with E-state index in [1.807, 2.05) is 43.3 Å². The van der Waals surface area contributed by atoms with Gasteiger partial charge in [-0.1, -0.05) is 48.0 Å². The first-order valence-electron chi connectivity index (χ1n) is 7.60. The van der Waals surface area contributed by atoms with Crippen LogP contribution in [-0.2, 0) is 16.6 Å². The molecule has 1 aromatic heterocycles. The zero-order valence-corrected chi connectivity index (χ0v) is 14.4. The van der Waals surface area contributed by atoms with Crippen molar-refractivity contribution >= 4 is 15.7 Å². The minimum atomic E-state index is -3.62. The molecular weight excluding hydrogens is 322 g/mol. The molecule has 5 nitrogen and oxygen atoms in total. The van der Waals surface area contributed by atoms with Crippen molar-refractivity contribution in [3.8, 4) is 0 Å². The Morgan fingerprint density at radius 3 is 2.54 bits per heavy atom. The molecule has 6 heteroatoms. The Kier molecular flexibility index (Phi) is 4.40. The second-order valence-corrected chi connectivity index (χ2v) is 7.44. The van der Waals surface area contributed by atoms with Crippen LogP contribution in [0.5, 0.6) is 0 Å². The standard InChI is InChI=1S/C18H19N3O2S/c1-14-8-9-18(15(2)10-14)24(22,23)20-17-11-19-21(13-17)12-16-6-4-3-5-7-16/h3-11,13,20H,12H2,1-2H3. The zero-order valence-electron chi connectivity index (χ0n) is 13.6. The predicted molar refractivity (Wildman–Crippen MR) is 94.5 cm³/mol. The molecule has 1 heterocycles. The fraction of sp³-hybridized carbons (Fsp3) is 0.167. The van der Waals surface area contributed by atoms with Crippen molar-refractivity contribution < 1.29 is 8.42 Å². The van der Waals surface area contributed by atoms with Crippen LogP contribution >= 0.6 is 0 Å². The van der Waals surface area contributed by atoms with Crippen LogP contribution in [-0.4, -0.2) is 18.2 Å². The van der Waals surface area contributed by atoms with Gasteiger partial charge in [-0.05, 0) is 31.0 Å². The number of rotatable bonds is 5. The van der Waals surface area contributed by atoms with Crippen molar-refractivity contribution in [2.24, 2.45) is 0 Å². The van der Waals surface area contributed by atoms with Gasteiger partial charge in [0.05, 0.1) is 23.3 Å². The second-order valence-electron chi connectivity index (χ2n) is 5.79. The van der Waals surface area contributed by atoms with E-state index >= 15 is 0 Å². The minimum Gasteiger partial charge on any atom is -0.276 e. The lowest BCUT2D eigenvalue weighted by Gasteiger charge is -2.09. The lowest BCUT2D eigenvalue weighted by atomic mass is 10.2. The highest BCUT2D eigenvalue weighted by Gasteiger charge is 2.17. The van der Waals surface area contributed by atoms with Gasteiger partial charge in [-0.3, -0.25) is 9.40 Å². The molecule has 0 amide bonds. The molecule has 0 saturated carbocycles. The lowest BCUT2D eigenvalue weighted by molar-refractivity contribution is 0.600. The van der Waals surface area contributed by atoms with Crippen molar-refractivity contribution in [2.45, 2.75) is 25.3 Å². The topological polar surface area (TPSA) is 64.0 Å². The summed E-state index contributed by atoms with van der Waals surface area (Å²) < 4.78 is 29.4. The highest BCUT2D eigenvalue weighted by atomic mass is 32.2. The Hall–Kier alpha value is -2.60. The molecule has 124 valence electrons. The third-order valence-corrected chi connectivity index (χ3v) is 5.23. The van der Waals surface area contributed by atoms with Crippen LogP contribution in [0.2, 0.25) is 0 Å². The van der Waals surface area contributed by atoms with E-state index in [4.69, 9.17) is 0 Å². The summed E-state index contributed by atoms with van der Waals surface area (Å²) in [5.74, 6) is 0. The first-order valence-corrected chi connectivity index (χ1v) is 9.09. The molecule has 0 aliphatic heterocycles. The normalized spacial score (nSPS) is 11.4. The Morgan fingerprint density at radius 1 is 1.08 bits per heavy atom. The summed E-state index contributed by atoms with van der Waals surface area (Å²) in [6.07, 6.45) is 3.21. The molecule has 0 bridgehead atoms. The van der Waals surface area contributed by atoms with Crippen LogP contribution in [0.4, 0.5) is 5.69 Å². The third-order valence-electron chi connectivity index (χ3n) is 3.69. The fourth-order valence-corrected chi connectivity index (χ4v) is 3.84. The highest BCUT2D eigenvalue weighted by Crippen LogP contribution is 2.20. The highest BCUT2D eigenvalue weighted by molar-refractivity contribution is 7.92. The van der Waals surface area contributed by atoms with Gasteiger partial charge < -0.3 is 0 Å². The molecule has 0 atom stereocenters. The number of nitrogens with zero attached hydrogens (tertiary/aromatic N) is 2. The Morgan fingerprint density at radius 2 is 1.83 bits per heavy atom. The maximum atomic E-state index is 12.6. The number of sulfonamides is 1. The largest absolute Gasteiger partial charge is 0.276 e. The van der Waals surface area contributed by atoms with Crippen molar-refractivity contribution in [1.29, 1.82) is 0 Å². The van der Waals surface area contributed by atoms with Crippen LogP contribution in [0.15, 0.2) is 65.8 Å². The molecular formula is C18H19N3O2S. The third kappa shape index (κ3) is 3.65. The molecule has 0 unspecified atom stereocenters. The number of aromatic nitrogens is 2. The van der Waals surface area contributed by atoms with Gasteiger partial charge in [0.2, 0.25) is 0 Å². The van der Waals surface area contributed by atoms with E-state index in [9.17, 15) is 8.42 Å². The van der Waals surface area contributed by atoms with Gasteiger partial charge in [0, 0.05) is 6.20 Å². The number of anilines is 1. The summed E-state index contributed by atoms with van der Waals surface area (Å²) in [6.45, 7) is 4.32. The Balaban J connectivity index is 1.78. The summed E-state index contributed by atoms with van der Waals surface area (Å²) in [7, 11) is -3.62. The van der Waals surface area contributed by atoms with Gasteiger partial charge in [0.25, 0.3) is 10.0 Å². The van der Waals surface area contributed by atoms with E-state index in [0.717, 1.165) is 16.7 Å². The van der Waals surface area contributed by atoms with E-state index in [2.05, 4.69) is 9.82 Å². The SMILES string of the molecule is Cc1ccc(S(=O)(=O)Nc2cnn(Cc3ccccc3)c2)c(C)c1. The molecule has 3 aromatic rings. The molecule has 2 aromatic carbocycles. The summed E-state index contributed by atoms with van der Waals surface area (Å²) >= 11 is 0. The van der Waals surface area contributed by atoms with Crippen LogP contribution in [0.1, 0.15) is 16.7 Å². The lowest BCUT2D eigenvalue weighted by Crippen LogP contribution is -2.14. The van der Waals surface area contributed by atoms with E-state index in [1.54, 1.807) is 29.9 Å². The van der Waals surface area contributed by atoms with Gasteiger partial charge in [0.15, 0.2) is 0 Å². The van der Waals surface area contributed by atoms with E-state index in [-0.39, 0.29) is 4.90 Å². The first-order chi connectivity index (χ1) is 11.4. The minimum absolute atomic E-state index is 0.281. The van der Waals surface area contributed by atoms with Crippen LogP contribution in [0.25, 0.3) is 0 Å². The van der Waals surface area contributed by atoms with Crippen molar-refractivity contribution in [3.05, 3.63) is 77.6 Å². The number of nitrogens with one attached hydrogen (secondary N) is 1. The molecule has 3 rings (SSSR count). The average molecular weight is 341 g/mol. The molecule has 1 N–H and O–H groups in total. The van der Waals surface area contributed by atoms with Crippen LogP contribution in [0.3, 0.4) is 0 Å². The summed E-state index contributed by atoms with van der Waals surface area (Å²) in [4.78, 5) is 0.281. The van der Waals surface area contributed by atoms with Gasteiger partial charge >= 0.3 is 0 Å². The van der Waals surface area contributed by atoms with Crippen molar-refractivity contribution in [1.82, 2.24) is 9.78 Å². The molecule has 0 aliphatic carbocycles. The smallest absolute Gasteiger partial charge is 0.262 e. The number of benzene rings is 2. The number of hydrogen-bond donors (Lipinski definition) is 1. The molecule has 0 spiro atoms. The first kappa shape index (κ1) is 16.3. The van der Waals surface area contributed by atoms with Gasteiger partial charge in [-0.25, -0.2) is 8.42 Å². The summed E-state index contributed by atoms with van der Waals surface area (Å²) in [6, 6.07) is 15.2. The predicted octanol–water partition coefficient (Wildman–Crippen LogP) is 3.35. The monoisotopic (exact) mass is 341 g/mol. The molecule has 0 fully saturated rings. The summed E-state index contributed by atoms with van der Waals surface area (Å²) in [5, 5.41) is 4.22. The Bertz CT molecular complexity index is 947. The number of aryl methyl sites for hydroxylation is 2. The van der Waals surface area contributed by atoms with E-state index in [0.29, 0.717) is 12.2 Å². The quantitative estimate of drug-likeness (QED) is 0.774. The molecule has 0 aliphatic rings. The fourth-order valence-electron chi connectivity index (χ4n) is 2.58. The Labute approximate surface area is 142 Å². The maximum Gasteiger partial charge on any atom is 0.262 e. The van der Waals surface area contributed by atoms with Crippen molar-refractivity contribution in [3.63, 3.8) is 0 Å². The van der Waals surface area contributed by atoms with Crippen LogP contribution in [0, 0.1) is 13.8 Å². The van der Waals surface area contributed by atoms with E-state index < -0.39 is 10.0 Å². The van der Waals surface area contributed by atoms with Crippen LogP contribution < -0.4 is 4.72 Å². The maximum absolute atomic E-state index is 12.6. The zero-order chi connectivity index (χ0) is 17.2. The van der Waals surface area contributed by atoms with Gasteiger partial charge in [-0.15, -0.1) is 0 Å². The summed E-state index contributed by atoms with van der Waals surface area (Å²) in [5.41, 5.74) is 3.30. The van der Waals surface area contributed by atoms with Gasteiger partial charge in [-0.2, -0.15) is 5.10 Å². The van der Waals surface area contributed by atoms with Gasteiger partial charge in [0.1, 0.15) is 0 Å². The molecule has 0 radical (unpaired) electrons. The van der Waals surface area contributed by atoms with E-state index in [1.165, 1.54) is 6.20 Å².